The summed E-state index contributed by atoms with van der Waals surface area (Å²) in [5, 5.41) is 2.58. The van der Waals surface area contributed by atoms with Crippen molar-refractivity contribution in [3.05, 3.63) is 35.9 Å². The van der Waals surface area contributed by atoms with E-state index in [1.165, 1.54) is 0 Å². The molecule has 1 aromatic carbocycles. The number of benzene rings is 1. The number of Topliss-reactive ketones (excluding diaryl/α,β-unsaturated/α-hetero) is 1. The van der Waals surface area contributed by atoms with Crippen molar-refractivity contribution < 1.29 is 14.3 Å². The molecule has 0 saturated carbocycles. The second kappa shape index (κ2) is 7.08. The molecule has 1 unspecified atom stereocenters. The van der Waals surface area contributed by atoms with Crippen LogP contribution in [-0.4, -0.2) is 17.9 Å². The molecule has 0 aromatic heterocycles. The average Bonchev–Trinajstić information content (AvgIpc) is 2.45. The molecule has 4 heteroatoms. The van der Waals surface area contributed by atoms with Crippen molar-refractivity contribution >= 4 is 11.9 Å². The number of alkyl carbamates (subject to hydrolysis) is 1. The van der Waals surface area contributed by atoms with Gasteiger partial charge in [0.15, 0.2) is 5.78 Å². The van der Waals surface area contributed by atoms with Crippen molar-refractivity contribution in [1.29, 1.82) is 0 Å². The topological polar surface area (TPSA) is 55.4 Å². The molecule has 0 fully saturated rings. The summed E-state index contributed by atoms with van der Waals surface area (Å²) in [4.78, 5) is 23.8. The van der Waals surface area contributed by atoms with Crippen LogP contribution in [0.1, 0.15) is 39.7 Å². The summed E-state index contributed by atoms with van der Waals surface area (Å²) < 4.78 is 5.09. The fraction of sp³-hybridized carbons (Fsp3) is 0.500. The van der Waals surface area contributed by atoms with Gasteiger partial charge in [-0.1, -0.05) is 51.1 Å². The van der Waals surface area contributed by atoms with E-state index < -0.39 is 17.6 Å². The van der Waals surface area contributed by atoms with Gasteiger partial charge in [-0.3, -0.25) is 4.79 Å². The number of carbonyl (C=O) groups excluding carboxylic acids is 2. The number of ether oxygens (including phenoxy) is 1. The van der Waals surface area contributed by atoms with E-state index in [-0.39, 0.29) is 12.4 Å². The van der Waals surface area contributed by atoms with Crippen LogP contribution in [0.3, 0.4) is 0 Å². The number of amides is 1. The summed E-state index contributed by atoms with van der Waals surface area (Å²) in [6.07, 6.45) is 0.165. The van der Waals surface area contributed by atoms with Crippen molar-refractivity contribution in [3.8, 4) is 0 Å². The van der Waals surface area contributed by atoms with Crippen LogP contribution in [-0.2, 0) is 16.1 Å². The smallest absolute Gasteiger partial charge is 0.408 e. The molecule has 0 bridgehead atoms. The molecule has 0 heterocycles. The minimum atomic E-state index is -0.568. The van der Waals surface area contributed by atoms with Gasteiger partial charge in [0.1, 0.15) is 6.61 Å². The van der Waals surface area contributed by atoms with Crippen LogP contribution < -0.4 is 5.32 Å². The number of nitrogens with one attached hydrogen (secondary N) is 1. The quantitative estimate of drug-likeness (QED) is 0.868. The number of hydrogen-bond donors (Lipinski definition) is 1. The van der Waals surface area contributed by atoms with E-state index in [1.807, 2.05) is 51.1 Å². The van der Waals surface area contributed by atoms with Crippen LogP contribution >= 0.6 is 0 Å². The Bertz CT molecular complexity index is 454. The highest BCUT2D eigenvalue weighted by Crippen LogP contribution is 2.22. The fourth-order valence-electron chi connectivity index (χ4n) is 1.77. The molecule has 1 aromatic rings. The van der Waals surface area contributed by atoms with Gasteiger partial charge < -0.3 is 10.1 Å². The van der Waals surface area contributed by atoms with Crippen molar-refractivity contribution in [3.63, 3.8) is 0 Å². The molecule has 4 nitrogen and oxygen atoms in total. The number of carbonyl (C=O) groups is 2. The van der Waals surface area contributed by atoms with Gasteiger partial charge >= 0.3 is 6.09 Å². The summed E-state index contributed by atoms with van der Waals surface area (Å²) in [6.45, 7) is 7.60. The zero-order valence-corrected chi connectivity index (χ0v) is 12.6. The van der Waals surface area contributed by atoms with Crippen LogP contribution in [0.25, 0.3) is 0 Å². The molecule has 1 atom stereocenters. The minimum absolute atomic E-state index is 0.0108. The maximum absolute atomic E-state index is 12.1. The summed E-state index contributed by atoms with van der Waals surface area (Å²) in [7, 11) is 0. The molecule has 0 aliphatic carbocycles. The Morgan fingerprint density at radius 3 is 2.40 bits per heavy atom. The Morgan fingerprint density at radius 2 is 1.85 bits per heavy atom. The molecule has 0 radical (unpaired) electrons. The van der Waals surface area contributed by atoms with Crippen LogP contribution in [0.2, 0.25) is 0 Å². The lowest BCUT2D eigenvalue weighted by molar-refractivity contribution is -0.128. The molecule has 1 N–H and O–H groups in total. The lowest BCUT2D eigenvalue weighted by Crippen LogP contribution is -2.44. The first-order valence-electron chi connectivity index (χ1n) is 6.88. The van der Waals surface area contributed by atoms with E-state index >= 15 is 0 Å². The Balaban J connectivity index is 2.44. The first kappa shape index (κ1) is 16.2. The maximum atomic E-state index is 12.1. The fourth-order valence-corrected chi connectivity index (χ4v) is 1.77. The second-order valence-corrected chi connectivity index (χ2v) is 5.53. The molecule has 1 amide bonds. The van der Waals surface area contributed by atoms with Gasteiger partial charge in [0, 0.05) is 5.41 Å². The minimum Gasteiger partial charge on any atom is -0.445 e. The molecule has 0 aliphatic rings. The molecular formula is C16H23NO3. The molecule has 110 valence electrons. The van der Waals surface area contributed by atoms with E-state index in [2.05, 4.69) is 5.32 Å². The van der Waals surface area contributed by atoms with Gasteiger partial charge in [0.25, 0.3) is 0 Å². The highest BCUT2D eigenvalue weighted by atomic mass is 16.5. The molecule has 1 rings (SSSR count). The lowest BCUT2D eigenvalue weighted by atomic mass is 9.82. The van der Waals surface area contributed by atoms with Crippen molar-refractivity contribution in [2.45, 2.75) is 46.8 Å². The highest BCUT2D eigenvalue weighted by Gasteiger charge is 2.30. The Hall–Kier alpha value is -1.84. The van der Waals surface area contributed by atoms with Crippen LogP contribution in [0.15, 0.2) is 30.3 Å². The Labute approximate surface area is 120 Å². The number of rotatable bonds is 6. The standard InChI is InChI=1S/C16H23NO3/c1-5-16(3,4)14(18)12(2)17-15(19)20-11-13-9-7-6-8-10-13/h6-10,12H,5,11H2,1-4H3,(H,17,19). The average molecular weight is 277 g/mol. The zero-order chi connectivity index (χ0) is 15.2. The third-order valence-electron chi connectivity index (χ3n) is 3.49. The third-order valence-corrected chi connectivity index (χ3v) is 3.49. The second-order valence-electron chi connectivity index (χ2n) is 5.53. The highest BCUT2D eigenvalue weighted by molar-refractivity contribution is 5.91. The normalized spacial score (nSPS) is 12.6. The zero-order valence-electron chi connectivity index (χ0n) is 12.6. The van der Waals surface area contributed by atoms with E-state index in [4.69, 9.17) is 4.74 Å². The maximum Gasteiger partial charge on any atom is 0.408 e. The van der Waals surface area contributed by atoms with Crippen molar-refractivity contribution in [2.75, 3.05) is 0 Å². The molecule has 0 aliphatic heterocycles. The third kappa shape index (κ3) is 4.68. The Morgan fingerprint density at radius 1 is 1.25 bits per heavy atom. The van der Waals surface area contributed by atoms with Crippen molar-refractivity contribution in [2.24, 2.45) is 5.41 Å². The van der Waals surface area contributed by atoms with E-state index in [0.717, 1.165) is 12.0 Å². The van der Waals surface area contributed by atoms with Gasteiger partial charge in [0.2, 0.25) is 0 Å². The predicted molar refractivity (Wildman–Crippen MR) is 78.3 cm³/mol. The van der Waals surface area contributed by atoms with E-state index in [9.17, 15) is 9.59 Å². The van der Waals surface area contributed by atoms with E-state index in [1.54, 1.807) is 6.92 Å². The van der Waals surface area contributed by atoms with Gasteiger partial charge in [0.05, 0.1) is 6.04 Å². The molecular weight excluding hydrogens is 254 g/mol. The van der Waals surface area contributed by atoms with Gasteiger partial charge in [-0.25, -0.2) is 4.79 Å². The summed E-state index contributed by atoms with van der Waals surface area (Å²) >= 11 is 0. The summed E-state index contributed by atoms with van der Waals surface area (Å²) in [5.74, 6) is 0.0108. The van der Waals surface area contributed by atoms with E-state index in [0.29, 0.717) is 0 Å². The summed E-state index contributed by atoms with van der Waals surface area (Å²) in [5.41, 5.74) is 0.474. The summed E-state index contributed by atoms with van der Waals surface area (Å²) in [6, 6.07) is 8.87. The number of hydrogen-bond acceptors (Lipinski definition) is 3. The van der Waals surface area contributed by atoms with Crippen molar-refractivity contribution in [1.82, 2.24) is 5.32 Å². The Kier molecular flexibility index (Phi) is 5.74. The molecule has 20 heavy (non-hydrogen) atoms. The monoisotopic (exact) mass is 277 g/mol. The van der Waals surface area contributed by atoms with Gasteiger partial charge in [-0.2, -0.15) is 0 Å². The molecule has 0 spiro atoms. The van der Waals surface area contributed by atoms with Crippen LogP contribution in [0.4, 0.5) is 4.79 Å². The van der Waals surface area contributed by atoms with Crippen LogP contribution in [0, 0.1) is 5.41 Å². The van der Waals surface area contributed by atoms with Gasteiger partial charge in [-0.05, 0) is 18.9 Å². The predicted octanol–water partition coefficient (Wildman–Crippen LogP) is 3.31. The molecule has 0 saturated heterocycles. The SMILES string of the molecule is CCC(C)(C)C(=O)C(C)NC(=O)OCc1ccccc1. The largest absolute Gasteiger partial charge is 0.445 e. The lowest BCUT2D eigenvalue weighted by Gasteiger charge is -2.25. The first-order valence-corrected chi connectivity index (χ1v) is 6.88. The van der Waals surface area contributed by atoms with Gasteiger partial charge in [-0.15, -0.1) is 0 Å². The van der Waals surface area contributed by atoms with Crippen LogP contribution in [0.5, 0.6) is 0 Å². The number of ketones is 1. The first-order chi connectivity index (χ1) is 9.36.